The summed E-state index contributed by atoms with van der Waals surface area (Å²) >= 11 is 1.65. The molecule has 2 heterocycles. The number of aryl methyl sites for hydroxylation is 1. The Balaban J connectivity index is 0.00000169. The number of anilines is 2. The van der Waals surface area contributed by atoms with Gasteiger partial charge in [0.15, 0.2) is 0 Å². The fourth-order valence-electron chi connectivity index (χ4n) is 2.66. The van der Waals surface area contributed by atoms with Crippen LogP contribution in [0.2, 0.25) is 0 Å². The molecule has 4 aromatic rings. The Morgan fingerprint density at radius 2 is 1.79 bits per heavy atom. The molecule has 5 heteroatoms. The quantitative estimate of drug-likeness (QED) is 0.503. The standard InChI is InChI=1S/C19H15N3S.ClH/c1-13-6-5-9-15(10-13)22-18-17-16(14-7-3-2-4-8-14)11-23-19(17)21-12-20-18;/h2-12H,1H3,(H,20,21,22);1H. The van der Waals surface area contributed by atoms with Crippen LogP contribution in [0.3, 0.4) is 0 Å². The first kappa shape index (κ1) is 16.4. The van der Waals surface area contributed by atoms with E-state index in [4.69, 9.17) is 0 Å². The van der Waals surface area contributed by atoms with Crippen LogP contribution in [-0.2, 0) is 0 Å². The summed E-state index contributed by atoms with van der Waals surface area (Å²) in [5.74, 6) is 0.848. The molecule has 24 heavy (non-hydrogen) atoms. The number of thiophene rings is 1. The zero-order valence-electron chi connectivity index (χ0n) is 13.1. The van der Waals surface area contributed by atoms with Crippen LogP contribution in [0.25, 0.3) is 21.3 Å². The van der Waals surface area contributed by atoms with Crippen molar-refractivity contribution < 1.29 is 0 Å². The second kappa shape index (κ2) is 6.99. The number of hydrogen-bond acceptors (Lipinski definition) is 4. The van der Waals surface area contributed by atoms with Crippen LogP contribution in [-0.4, -0.2) is 9.97 Å². The van der Waals surface area contributed by atoms with Gasteiger partial charge in [-0.25, -0.2) is 9.97 Å². The van der Waals surface area contributed by atoms with E-state index >= 15 is 0 Å². The predicted molar refractivity (Wildman–Crippen MR) is 105 cm³/mol. The number of halogens is 1. The lowest BCUT2D eigenvalue weighted by molar-refractivity contribution is 1.23. The third kappa shape index (κ3) is 3.11. The molecule has 0 saturated heterocycles. The monoisotopic (exact) mass is 353 g/mol. The summed E-state index contributed by atoms with van der Waals surface area (Å²) in [6, 6.07) is 18.7. The van der Waals surface area contributed by atoms with Crippen LogP contribution in [0.5, 0.6) is 0 Å². The fraction of sp³-hybridized carbons (Fsp3) is 0.0526. The Morgan fingerprint density at radius 1 is 0.958 bits per heavy atom. The molecule has 0 aliphatic carbocycles. The molecule has 0 spiro atoms. The summed E-state index contributed by atoms with van der Waals surface area (Å²) in [5, 5.41) is 6.66. The van der Waals surface area contributed by atoms with E-state index in [1.165, 1.54) is 16.7 Å². The molecule has 2 aromatic carbocycles. The lowest BCUT2D eigenvalue weighted by atomic mass is 10.1. The van der Waals surface area contributed by atoms with E-state index in [1.807, 2.05) is 12.1 Å². The molecule has 2 aromatic heterocycles. The van der Waals surface area contributed by atoms with Crippen LogP contribution < -0.4 is 5.32 Å². The second-order valence-corrected chi connectivity index (χ2v) is 6.27. The van der Waals surface area contributed by atoms with E-state index in [2.05, 4.69) is 70.1 Å². The van der Waals surface area contributed by atoms with E-state index in [1.54, 1.807) is 17.7 Å². The van der Waals surface area contributed by atoms with Crippen molar-refractivity contribution in [2.45, 2.75) is 6.92 Å². The average molecular weight is 354 g/mol. The number of aromatic nitrogens is 2. The lowest BCUT2D eigenvalue weighted by Gasteiger charge is -2.09. The highest BCUT2D eigenvalue weighted by molar-refractivity contribution is 7.17. The van der Waals surface area contributed by atoms with Crippen molar-refractivity contribution in [2.24, 2.45) is 0 Å². The zero-order valence-corrected chi connectivity index (χ0v) is 14.7. The van der Waals surface area contributed by atoms with E-state index in [0.717, 1.165) is 21.7 Å². The predicted octanol–water partition coefficient (Wildman–Crippen LogP) is 5.83. The van der Waals surface area contributed by atoms with Gasteiger partial charge in [-0.15, -0.1) is 23.7 Å². The molecule has 0 amide bonds. The van der Waals surface area contributed by atoms with Crippen molar-refractivity contribution in [3.05, 3.63) is 71.9 Å². The molecule has 0 aliphatic rings. The van der Waals surface area contributed by atoms with Gasteiger partial charge in [0.25, 0.3) is 0 Å². The average Bonchev–Trinajstić information content (AvgIpc) is 3.01. The van der Waals surface area contributed by atoms with Crippen LogP contribution >= 0.6 is 23.7 Å². The molecular weight excluding hydrogens is 338 g/mol. The van der Waals surface area contributed by atoms with Crippen molar-refractivity contribution in [2.75, 3.05) is 5.32 Å². The summed E-state index contributed by atoms with van der Waals surface area (Å²) in [7, 11) is 0. The highest BCUT2D eigenvalue weighted by Gasteiger charge is 2.13. The second-order valence-electron chi connectivity index (χ2n) is 5.41. The minimum absolute atomic E-state index is 0. The molecule has 0 radical (unpaired) electrons. The van der Waals surface area contributed by atoms with Gasteiger partial charge >= 0.3 is 0 Å². The van der Waals surface area contributed by atoms with Crippen LogP contribution in [0.1, 0.15) is 5.56 Å². The Bertz CT molecular complexity index is 967. The van der Waals surface area contributed by atoms with E-state index in [9.17, 15) is 0 Å². The third-order valence-corrected chi connectivity index (χ3v) is 4.62. The van der Waals surface area contributed by atoms with E-state index < -0.39 is 0 Å². The van der Waals surface area contributed by atoms with Gasteiger partial charge in [0, 0.05) is 16.6 Å². The lowest BCUT2D eigenvalue weighted by Crippen LogP contribution is -1.95. The first-order valence-electron chi connectivity index (χ1n) is 7.42. The molecule has 0 saturated carbocycles. The third-order valence-electron chi connectivity index (χ3n) is 3.74. The topological polar surface area (TPSA) is 37.8 Å². The van der Waals surface area contributed by atoms with Gasteiger partial charge < -0.3 is 5.32 Å². The maximum Gasteiger partial charge on any atom is 0.143 e. The summed E-state index contributed by atoms with van der Waals surface area (Å²) < 4.78 is 0. The first-order valence-corrected chi connectivity index (χ1v) is 8.30. The number of fused-ring (bicyclic) bond motifs is 1. The van der Waals surface area contributed by atoms with Gasteiger partial charge in [-0.1, -0.05) is 42.5 Å². The number of benzene rings is 2. The molecular formula is C19H16ClN3S. The maximum atomic E-state index is 4.47. The summed E-state index contributed by atoms with van der Waals surface area (Å²) in [6.07, 6.45) is 1.62. The Labute approximate surface area is 150 Å². The highest BCUT2D eigenvalue weighted by Crippen LogP contribution is 2.37. The smallest absolute Gasteiger partial charge is 0.143 e. The van der Waals surface area contributed by atoms with Gasteiger partial charge in [0.2, 0.25) is 0 Å². The molecule has 0 fully saturated rings. The van der Waals surface area contributed by atoms with Crippen molar-refractivity contribution in [1.82, 2.24) is 9.97 Å². The molecule has 0 unspecified atom stereocenters. The minimum atomic E-state index is 0. The number of nitrogens with one attached hydrogen (secondary N) is 1. The highest BCUT2D eigenvalue weighted by atomic mass is 35.5. The van der Waals surface area contributed by atoms with Crippen LogP contribution in [0, 0.1) is 6.92 Å². The van der Waals surface area contributed by atoms with Crippen molar-refractivity contribution in [3.8, 4) is 11.1 Å². The molecule has 120 valence electrons. The van der Waals surface area contributed by atoms with Crippen molar-refractivity contribution in [3.63, 3.8) is 0 Å². The zero-order chi connectivity index (χ0) is 15.6. The van der Waals surface area contributed by atoms with E-state index in [-0.39, 0.29) is 12.4 Å². The van der Waals surface area contributed by atoms with Crippen molar-refractivity contribution in [1.29, 1.82) is 0 Å². The van der Waals surface area contributed by atoms with Gasteiger partial charge in [-0.05, 0) is 30.2 Å². The molecule has 0 atom stereocenters. The van der Waals surface area contributed by atoms with Gasteiger partial charge in [-0.2, -0.15) is 0 Å². The molecule has 0 aliphatic heterocycles. The minimum Gasteiger partial charge on any atom is -0.340 e. The normalized spacial score (nSPS) is 10.4. The Kier molecular flexibility index (Phi) is 4.79. The molecule has 1 N–H and O–H groups in total. The number of hydrogen-bond donors (Lipinski definition) is 1. The number of rotatable bonds is 3. The summed E-state index contributed by atoms with van der Waals surface area (Å²) in [4.78, 5) is 9.88. The maximum absolute atomic E-state index is 4.47. The summed E-state index contributed by atoms with van der Waals surface area (Å²) in [6.45, 7) is 2.08. The Morgan fingerprint density at radius 3 is 2.58 bits per heavy atom. The van der Waals surface area contributed by atoms with Crippen molar-refractivity contribution >= 4 is 45.5 Å². The van der Waals surface area contributed by atoms with Gasteiger partial charge in [0.05, 0.1) is 5.39 Å². The fourth-order valence-corrected chi connectivity index (χ4v) is 3.58. The van der Waals surface area contributed by atoms with Gasteiger partial charge in [-0.3, -0.25) is 0 Å². The van der Waals surface area contributed by atoms with Crippen LogP contribution in [0.4, 0.5) is 11.5 Å². The first-order chi connectivity index (χ1) is 11.3. The SMILES string of the molecule is Cc1cccc(Nc2ncnc3scc(-c4ccccc4)c23)c1.Cl. The molecule has 4 rings (SSSR count). The number of nitrogens with zero attached hydrogens (tertiary/aromatic N) is 2. The Hall–Kier alpha value is -2.43. The van der Waals surface area contributed by atoms with Gasteiger partial charge in [0.1, 0.15) is 17.0 Å². The molecule has 0 bridgehead atoms. The molecule has 3 nitrogen and oxygen atoms in total. The largest absolute Gasteiger partial charge is 0.340 e. The summed E-state index contributed by atoms with van der Waals surface area (Å²) in [5.41, 5.74) is 4.60. The van der Waals surface area contributed by atoms with Crippen LogP contribution in [0.15, 0.2) is 66.3 Å². The van der Waals surface area contributed by atoms with E-state index in [0.29, 0.717) is 0 Å².